The van der Waals surface area contributed by atoms with Gasteiger partial charge in [-0.1, -0.05) is 29.3 Å². The standard InChI is InChI=1S/C11H14Cl2N2O/c1-15(7-3-6-14)11(16)8-4-2-5-9(12)10(8)13/h2,4-5H,3,6-7,14H2,1H3. The van der Waals surface area contributed by atoms with Gasteiger partial charge in [0.15, 0.2) is 0 Å². The number of halogens is 2. The predicted molar refractivity (Wildman–Crippen MR) is 67.1 cm³/mol. The van der Waals surface area contributed by atoms with Crippen molar-refractivity contribution in [1.82, 2.24) is 4.90 Å². The second kappa shape index (κ2) is 6.09. The summed E-state index contributed by atoms with van der Waals surface area (Å²) < 4.78 is 0. The molecule has 0 aliphatic carbocycles. The highest BCUT2D eigenvalue weighted by Crippen LogP contribution is 2.26. The van der Waals surface area contributed by atoms with Crippen LogP contribution in [0.1, 0.15) is 16.8 Å². The van der Waals surface area contributed by atoms with Crippen molar-refractivity contribution in [2.24, 2.45) is 5.73 Å². The fraction of sp³-hybridized carbons (Fsp3) is 0.364. The monoisotopic (exact) mass is 260 g/mol. The minimum atomic E-state index is -0.138. The number of nitrogens with two attached hydrogens (primary N) is 1. The summed E-state index contributed by atoms with van der Waals surface area (Å²) in [7, 11) is 1.72. The van der Waals surface area contributed by atoms with E-state index in [0.717, 1.165) is 6.42 Å². The molecule has 0 aliphatic heterocycles. The van der Waals surface area contributed by atoms with Gasteiger partial charge in [-0.25, -0.2) is 0 Å². The molecule has 16 heavy (non-hydrogen) atoms. The zero-order valence-corrected chi connectivity index (χ0v) is 10.6. The van der Waals surface area contributed by atoms with E-state index in [9.17, 15) is 4.79 Å². The lowest BCUT2D eigenvalue weighted by atomic mass is 10.2. The Labute approximate surface area is 105 Å². The molecular formula is C11H14Cl2N2O. The Morgan fingerprint density at radius 2 is 2.12 bits per heavy atom. The summed E-state index contributed by atoms with van der Waals surface area (Å²) in [6, 6.07) is 5.02. The van der Waals surface area contributed by atoms with Gasteiger partial charge in [0.25, 0.3) is 5.91 Å². The lowest BCUT2D eigenvalue weighted by Crippen LogP contribution is -2.29. The van der Waals surface area contributed by atoms with E-state index >= 15 is 0 Å². The van der Waals surface area contributed by atoms with Gasteiger partial charge in [0.05, 0.1) is 15.6 Å². The van der Waals surface area contributed by atoms with Crippen molar-refractivity contribution in [3.8, 4) is 0 Å². The molecule has 0 atom stereocenters. The summed E-state index contributed by atoms with van der Waals surface area (Å²) in [5.41, 5.74) is 5.81. The van der Waals surface area contributed by atoms with Crippen LogP contribution in [0.3, 0.4) is 0 Å². The molecule has 0 fully saturated rings. The van der Waals surface area contributed by atoms with Crippen molar-refractivity contribution >= 4 is 29.1 Å². The molecule has 0 radical (unpaired) electrons. The Kier molecular flexibility index (Phi) is 5.06. The van der Waals surface area contributed by atoms with Crippen molar-refractivity contribution in [3.05, 3.63) is 33.8 Å². The number of carbonyl (C=O) groups excluding carboxylic acids is 1. The Balaban J connectivity index is 2.84. The Hall–Kier alpha value is -0.770. The zero-order valence-electron chi connectivity index (χ0n) is 9.04. The fourth-order valence-electron chi connectivity index (χ4n) is 1.30. The maximum Gasteiger partial charge on any atom is 0.255 e. The van der Waals surface area contributed by atoms with Gasteiger partial charge in [0.1, 0.15) is 0 Å². The van der Waals surface area contributed by atoms with Gasteiger partial charge in [-0.3, -0.25) is 4.79 Å². The third kappa shape index (κ3) is 3.11. The maximum atomic E-state index is 12.0. The fourth-order valence-corrected chi connectivity index (χ4v) is 1.69. The molecule has 3 nitrogen and oxygen atoms in total. The van der Waals surface area contributed by atoms with Gasteiger partial charge in [0, 0.05) is 13.6 Å². The normalized spacial score (nSPS) is 10.2. The average Bonchev–Trinajstić information content (AvgIpc) is 2.28. The van der Waals surface area contributed by atoms with Gasteiger partial charge in [-0.15, -0.1) is 0 Å². The number of benzene rings is 1. The maximum absolute atomic E-state index is 12.0. The molecule has 0 spiro atoms. The van der Waals surface area contributed by atoms with Gasteiger partial charge in [-0.2, -0.15) is 0 Å². The topological polar surface area (TPSA) is 46.3 Å². The minimum Gasteiger partial charge on any atom is -0.342 e. The van der Waals surface area contributed by atoms with Crippen LogP contribution in [0.15, 0.2) is 18.2 Å². The summed E-state index contributed by atoms with van der Waals surface area (Å²) >= 11 is 11.8. The van der Waals surface area contributed by atoms with Gasteiger partial charge in [-0.05, 0) is 25.1 Å². The minimum absolute atomic E-state index is 0.138. The largest absolute Gasteiger partial charge is 0.342 e. The number of amides is 1. The van der Waals surface area contributed by atoms with Gasteiger partial charge < -0.3 is 10.6 Å². The molecule has 1 aromatic rings. The molecule has 0 saturated heterocycles. The van der Waals surface area contributed by atoms with Crippen molar-refractivity contribution in [1.29, 1.82) is 0 Å². The van der Waals surface area contributed by atoms with Crippen LogP contribution in [-0.4, -0.2) is 30.9 Å². The molecule has 1 amide bonds. The van der Waals surface area contributed by atoms with Gasteiger partial charge >= 0.3 is 0 Å². The van der Waals surface area contributed by atoms with E-state index < -0.39 is 0 Å². The molecule has 0 saturated carbocycles. The summed E-state index contributed by atoms with van der Waals surface area (Å²) in [6.07, 6.45) is 0.764. The number of hydrogen-bond acceptors (Lipinski definition) is 2. The highest BCUT2D eigenvalue weighted by atomic mass is 35.5. The van der Waals surface area contributed by atoms with E-state index in [1.54, 1.807) is 30.1 Å². The first-order valence-electron chi connectivity index (χ1n) is 4.97. The Morgan fingerprint density at radius 3 is 2.75 bits per heavy atom. The molecule has 0 unspecified atom stereocenters. The Bertz CT molecular complexity index is 382. The molecule has 2 N–H and O–H groups in total. The van der Waals surface area contributed by atoms with Crippen LogP contribution in [0.25, 0.3) is 0 Å². The first-order chi connectivity index (χ1) is 7.57. The van der Waals surface area contributed by atoms with E-state index in [4.69, 9.17) is 28.9 Å². The van der Waals surface area contributed by atoms with Crippen LogP contribution < -0.4 is 5.73 Å². The van der Waals surface area contributed by atoms with Crippen molar-refractivity contribution < 1.29 is 4.79 Å². The summed E-state index contributed by atoms with van der Waals surface area (Å²) in [4.78, 5) is 13.6. The van der Waals surface area contributed by atoms with E-state index in [-0.39, 0.29) is 5.91 Å². The van der Waals surface area contributed by atoms with Crippen molar-refractivity contribution in [2.45, 2.75) is 6.42 Å². The lowest BCUT2D eigenvalue weighted by molar-refractivity contribution is 0.0794. The smallest absolute Gasteiger partial charge is 0.255 e. The second-order valence-corrected chi connectivity index (χ2v) is 4.26. The molecule has 5 heteroatoms. The molecule has 1 aromatic carbocycles. The second-order valence-electron chi connectivity index (χ2n) is 3.47. The van der Waals surface area contributed by atoms with Crippen molar-refractivity contribution in [3.63, 3.8) is 0 Å². The molecule has 0 aromatic heterocycles. The van der Waals surface area contributed by atoms with Crippen LogP contribution >= 0.6 is 23.2 Å². The predicted octanol–water partition coefficient (Wildman–Crippen LogP) is 2.41. The van der Waals surface area contributed by atoms with Crippen molar-refractivity contribution in [2.75, 3.05) is 20.1 Å². The van der Waals surface area contributed by atoms with Crippen LogP contribution in [0.5, 0.6) is 0 Å². The zero-order chi connectivity index (χ0) is 12.1. The molecule has 0 heterocycles. The Morgan fingerprint density at radius 1 is 1.44 bits per heavy atom. The molecule has 0 bridgehead atoms. The highest BCUT2D eigenvalue weighted by Gasteiger charge is 2.15. The quantitative estimate of drug-likeness (QED) is 0.904. The molecular weight excluding hydrogens is 247 g/mol. The van der Waals surface area contributed by atoms with Crippen LogP contribution in [0, 0.1) is 0 Å². The van der Waals surface area contributed by atoms with E-state index in [1.807, 2.05) is 0 Å². The third-order valence-electron chi connectivity index (χ3n) is 2.23. The SMILES string of the molecule is CN(CCCN)C(=O)c1cccc(Cl)c1Cl. The van der Waals surface area contributed by atoms with E-state index in [2.05, 4.69) is 0 Å². The molecule has 0 aliphatic rings. The third-order valence-corrected chi connectivity index (χ3v) is 3.05. The summed E-state index contributed by atoms with van der Waals surface area (Å²) in [5, 5.41) is 0.688. The number of nitrogens with zero attached hydrogens (tertiary/aromatic N) is 1. The summed E-state index contributed by atoms with van der Waals surface area (Å²) in [5.74, 6) is -0.138. The van der Waals surface area contributed by atoms with Crippen LogP contribution in [-0.2, 0) is 0 Å². The van der Waals surface area contributed by atoms with Gasteiger partial charge in [0.2, 0.25) is 0 Å². The first-order valence-corrected chi connectivity index (χ1v) is 5.73. The van der Waals surface area contributed by atoms with E-state index in [1.165, 1.54) is 0 Å². The summed E-state index contributed by atoms with van der Waals surface area (Å²) in [6.45, 7) is 1.17. The number of rotatable bonds is 4. The van der Waals surface area contributed by atoms with Crippen LogP contribution in [0.4, 0.5) is 0 Å². The van der Waals surface area contributed by atoms with E-state index in [0.29, 0.717) is 28.7 Å². The molecule has 88 valence electrons. The average molecular weight is 261 g/mol. The lowest BCUT2D eigenvalue weighted by Gasteiger charge is -2.17. The van der Waals surface area contributed by atoms with Crippen LogP contribution in [0.2, 0.25) is 10.0 Å². The highest BCUT2D eigenvalue weighted by molar-refractivity contribution is 6.43. The number of hydrogen-bond donors (Lipinski definition) is 1. The first kappa shape index (κ1) is 13.3. The number of carbonyl (C=O) groups is 1. The molecule has 1 rings (SSSR count).